The monoisotopic (exact) mass is 479 g/mol. The van der Waals surface area contributed by atoms with Gasteiger partial charge in [0.1, 0.15) is 0 Å². The summed E-state index contributed by atoms with van der Waals surface area (Å²) in [6.45, 7) is 7.44. The lowest BCUT2D eigenvalue weighted by Crippen LogP contribution is -2.49. The third-order valence-electron chi connectivity index (χ3n) is 8.35. The summed E-state index contributed by atoms with van der Waals surface area (Å²) < 4.78 is 0. The Morgan fingerprint density at radius 3 is 2.36 bits per heavy atom. The maximum atomic E-state index is 12.7. The molecular formula is C32H37N3O. The van der Waals surface area contributed by atoms with Crippen LogP contribution in [0.1, 0.15) is 52.7 Å². The molecule has 6 rings (SSSR count). The zero-order valence-electron chi connectivity index (χ0n) is 21.2. The van der Waals surface area contributed by atoms with Gasteiger partial charge < -0.3 is 4.90 Å². The molecule has 0 aliphatic carbocycles. The van der Waals surface area contributed by atoms with Crippen molar-refractivity contribution in [2.45, 2.75) is 51.2 Å². The third-order valence-corrected chi connectivity index (χ3v) is 8.35. The highest BCUT2D eigenvalue weighted by molar-refractivity contribution is 5.94. The predicted octanol–water partition coefficient (Wildman–Crippen LogP) is 5.61. The van der Waals surface area contributed by atoms with Crippen molar-refractivity contribution in [1.29, 1.82) is 0 Å². The molecule has 4 heteroatoms. The van der Waals surface area contributed by atoms with Gasteiger partial charge in [-0.25, -0.2) is 0 Å². The lowest BCUT2D eigenvalue weighted by atomic mass is 9.92. The Bertz CT molecular complexity index is 1180. The van der Waals surface area contributed by atoms with E-state index in [0.29, 0.717) is 6.04 Å². The topological polar surface area (TPSA) is 26.8 Å². The quantitative estimate of drug-likeness (QED) is 0.476. The third kappa shape index (κ3) is 5.11. The summed E-state index contributed by atoms with van der Waals surface area (Å²) in [7, 11) is 0. The summed E-state index contributed by atoms with van der Waals surface area (Å²) in [5.41, 5.74) is 7.64. The van der Waals surface area contributed by atoms with E-state index in [1.54, 1.807) is 0 Å². The van der Waals surface area contributed by atoms with Crippen LogP contribution in [0.5, 0.6) is 0 Å². The molecule has 0 spiro atoms. The number of nitrogens with zero attached hydrogens (tertiary/aromatic N) is 3. The normalized spacial score (nSPS) is 20.9. The average molecular weight is 480 g/mol. The van der Waals surface area contributed by atoms with E-state index in [2.05, 4.69) is 70.5 Å². The molecule has 3 aliphatic heterocycles. The van der Waals surface area contributed by atoms with E-state index in [4.69, 9.17) is 0 Å². The first kappa shape index (κ1) is 23.4. The zero-order chi connectivity index (χ0) is 24.3. The summed E-state index contributed by atoms with van der Waals surface area (Å²) in [5.74, 6) is 0.176. The highest BCUT2D eigenvalue weighted by Crippen LogP contribution is 2.29. The van der Waals surface area contributed by atoms with Gasteiger partial charge in [0.25, 0.3) is 5.91 Å². The molecule has 4 nitrogen and oxygen atoms in total. The Labute approximate surface area is 215 Å². The van der Waals surface area contributed by atoms with E-state index in [1.807, 2.05) is 17.0 Å². The van der Waals surface area contributed by atoms with Gasteiger partial charge in [0.2, 0.25) is 0 Å². The van der Waals surface area contributed by atoms with Gasteiger partial charge in [0.05, 0.1) is 0 Å². The van der Waals surface area contributed by atoms with Gasteiger partial charge in [-0.2, -0.15) is 0 Å². The fraction of sp³-hybridized carbons (Fsp3) is 0.406. The molecule has 0 bridgehead atoms. The predicted molar refractivity (Wildman–Crippen MR) is 146 cm³/mol. The average Bonchev–Trinajstić information content (AvgIpc) is 3.48. The van der Waals surface area contributed by atoms with Crippen molar-refractivity contribution in [3.63, 3.8) is 0 Å². The molecule has 3 aliphatic rings. The first-order chi connectivity index (χ1) is 17.7. The van der Waals surface area contributed by atoms with Crippen LogP contribution in [0.2, 0.25) is 0 Å². The minimum atomic E-state index is 0.176. The number of carbonyl (C=O) groups is 1. The van der Waals surface area contributed by atoms with Gasteiger partial charge in [-0.3, -0.25) is 14.6 Å². The zero-order valence-corrected chi connectivity index (χ0v) is 21.2. The number of benzene rings is 3. The van der Waals surface area contributed by atoms with E-state index >= 15 is 0 Å². The number of likely N-dealkylation sites (tertiary alicyclic amines) is 2. The number of amides is 1. The second kappa shape index (κ2) is 10.6. The number of hydrogen-bond donors (Lipinski definition) is 0. The molecule has 186 valence electrons. The fourth-order valence-electron chi connectivity index (χ4n) is 6.29. The molecule has 1 amide bonds. The lowest BCUT2D eigenvalue weighted by Gasteiger charge is -2.41. The summed E-state index contributed by atoms with van der Waals surface area (Å²) >= 11 is 0. The number of rotatable bonds is 5. The number of hydrogen-bond acceptors (Lipinski definition) is 3. The molecule has 1 unspecified atom stereocenters. The molecule has 3 aromatic rings. The summed E-state index contributed by atoms with van der Waals surface area (Å²) in [5, 5.41) is 0. The molecule has 0 radical (unpaired) electrons. The molecule has 0 N–H and O–H groups in total. The van der Waals surface area contributed by atoms with Crippen molar-refractivity contribution >= 4 is 5.91 Å². The number of carbonyl (C=O) groups excluding carboxylic acids is 1. The van der Waals surface area contributed by atoms with E-state index in [9.17, 15) is 4.79 Å². The highest BCUT2D eigenvalue weighted by atomic mass is 16.2. The molecule has 2 saturated heterocycles. The maximum Gasteiger partial charge on any atom is 0.253 e. The van der Waals surface area contributed by atoms with Crippen molar-refractivity contribution in [3.8, 4) is 11.1 Å². The Morgan fingerprint density at radius 1 is 0.778 bits per heavy atom. The minimum absolute atomic E-state index is 0.176. The van der Waals surface area contributed by atoms with Crippen LogP contribution in [-0.4, -0.2) is 59.4 Å². The molecule has 0 saturated carbocycles. The van der Waals surface area contributed by atoms with Crippen LogP contribution in [0.25, 0.3) is 11.1 Å². The first-order valence-electron chi connectivity index (χ1n) is 13.7. The van der Waals surface area contributed by atoms with Crippen LogP contribution in [0, 0.1) is 0 Å². The van der Waals surface area contributed by atoms with Crippen molar-refractivity contribution < 1.29 is 4.79 Å². The fourth-order valence-corrected chi connectivity index (χ4v) is 6.29. The molecule has 3 aromatic carbocycles. The van der Waals surface area contributed by atoms with Crippen LogP contribution in [0.3, 0.4) is 0 Å². The van der Waals surface area contributed by atoms with Gasteiger partial charge in [-0.05, 0) is 78.6 Å². The molecule has 2 fully saturated rings. The summed E-state index contributed by atoms with van der Waals surface area (Å²) in [6, 6.07) is 26.8. The molecule has 1 atom stereocenters. The SMILES string of the molecule is O=C(c1ccc(-c2ccc3c(c2)CCN(C2CCCN(Cc4ccccc4)C2)C3)cc1)N1CCCC1. The van der Waals surface area contributed by atoms with E-state index in [1.165, 1.54) is 53.7 Å². The van der Waals surface area contributed by atoms with Crippen molar-refractivity contribution in [2.24, 2.45) is 0 Å². The summed E-state index contributed by atoms with van der Waals surface area (Å²) in [4.78, 5) is 20.0. The van der Waals surface area contributed by atoms with Crippen LogP contribution in [-0.2, 0) is 19.5 Å². The van der Waals surface area contributed by atoms with Crippen molar-refractivity contribution in [3.05, 3.63) is 95.1 Å². The number of piperidine rings is 1. The standard InChI is InChI=1S/C32H37N3O/c36-32(34-18-4-5-19-34)27-12-10-26(11-13-27)28-14-15-30-23-35(20-16-29(30)21-28)31-9-6-17-33(24-31)22-25-7-2-1-3-8-25/h1-3,7-8,10-15,21,31H,4-6,9,16-20,22-24H2. The van der Waals surface area contributed by atoms with Crippen molar-refractivity contribution in [1.82, 2.24) is 14.7 Å². The number of fused-ring (bicyclic) bond motifs is 1. The van der Waals surface area contributed by atoms with Crippen molar-refractivity contribution in [2.75, 3.05) is 32.7 Å². The maximum absolute atomic E-state index is 12.7. The second-order valence-corrected chi connectivity index (χ2v) is 10.8. The minimum Gasteiger partial charge on any atom is -0.339 e. The van der Waals surface area contributed by atoms with E-state index < -0.39 is 0 Å². The highest BCUT2D eigenvalue weighted by Gasteiger charge is 2.28. The Hall–Kier alpha value is -2.95. The van der Waals surface area contributed by atoms with Gasteiger partial charge in [-0.15, -0.1) is 0 Å². The first-order valence-corrected chi connectivity index (χ1v) is 13.7. The molecular weight excluding hydrogens is 442 g/mol. The van der Waals surface area contributed by atoms with Crippen LogP contribution in [0.15, 0.2) is 72.8 Å². The van der Waals surface area contributed by atoms with Gasteiger partial charge in [0.15, 0.2) is 0 Å². The van der Waals surface area contributed by atoms with E-state index in [-0.39, 0.29) is 5.91 Å². The Morgan fingerprint density at radius 2 is 1.56 bits per heavy atom. The second-order valence-electron chi connectivity index (χ2n) is 10.8. The molecule has 0 aromatic heterocycles. The molecule has 36 heavy (non-hydrogen) atoms. The lowest BCUT2D eigenvalue weighted by molar-refractivity contribution is 0.0793. The van der Waals surface area contributed by atoms with E-state index in [0.717, 1.165) is 57.5 Å². The Balaban J connectivity index is 1.10. The Kier molecular flexibility index (Phi) is 6.89. The van der Waals surface area contributed by atoms with Gasteiger partial charge in [0, 0.05) is 50.9 Å². The van der Waals surface area contributed by atoms with Crippen LogP contribution < -0.4 is 0 Å². The van der Waals surface area contributed by atoms with Crippen LogP contribution >= 0.6 is 0 Å². The largest absolute Gasteiger partial charge is 0.339 e. The smallest absolute Gasteiger partial charge is 0.253 e. The van der Waals surface area contributed by atoms with Gasteiger partial charge in [-0.1, -0.05) is 60.7 Å². The summed E-state index contributed by atoms with van der Waals surface area (Å²) in [6.07, 6.45) is 5.97. The van der Waals surface area contributed by atoms with Gasteiger partial charge >= 0.3 is 0 Å². The molecule has 3 heterocycles. The van der Waals surface area contributed by atoms with Crippen LogP contribution in [0.4, 0.5) is 0 Å².